The highest BCUT2D eigenvalue weighted by Gasteiger charge is 2.24. The molecule has 1 saturated heterocycles. The fraction of sp³-hybridized carbons (Fsp3) is 0.0714. The number of carbonyl (C=O) groups excluding carboxylic acids is 2. The zero-order valence-corrected chi connectivity index (χ0v) is 11.1. The van der Waals surface area contributed by atoms with E-state index in [1.54, 1.807) is 12.4 Å². The Balaban J connectivity index is 2.03. The molecular weight excluding hydrogens is 274 g/mol. The first-order chi connectivity index (χ1) is 9.67. The number of carbonyl (C=O) groups is 2. The summed E-state index contributed by atoms with van der Waals surface area (Å²) in [5.41, 5.74) is 2.55. The van der Waals surface area contributed by atoms with E-state index in [0.29, 0.717) is 11.4 Å². The summed E-state index contributed by atoms with van der Waals surface area (Å²) in [4.78, 5) is 27.3. The predicted molar refractivity (Wildman–Crippen MR) is 77.7 cm³/mol. The molecule has 98 valence electrons. The Kier molecular flexibility index (Phi) is 3.05. The summed E-state index contributed by atoms with van der Waals surface area (Å²) in [5.74, 6) is 2.20. The normalized spacial score (nSPS) is 16.6. The van der Waals surface area contributed by atoms with Crippen LogP contribution in [0.15, 0.2) is 29.4 Å². The number of rotatable bonds is 2. The van der Waals surface area contributed by atoms with Crippen LogP contribution in [0.1, 0.15) is 5.56 Å². The maximum absolute atomic E-state index is 11.5. The maximum atomic E-state index is 11.5. The van der Waals surface area contributed by atoms with Gasteiger partial charge >= 0.3 is 0 Å². The van der Waals surface area contributed by atoms with Gasteiger partial charge in [-0.1, -0.05) is 12.0 Å². The maximum Gasteiger partial charge on any atom is 0.290 e. The SMILES string of the molecule is C#CCn1cnc2ccc(/C=C3\SC(=O)NC3=O)cc21. The van der Waals surface area contributed by atoms with E-state index in [0.717, 1.165) is 28.4 Å². The van der Waals surface area contributed by atoms with Crippen molar-refractivity contribution < 1.29 is 9.59 Å². The third kappa shape index (κ3) is 2.19. The molecule has 1 aromatic heterocycles. The highest BCUT2D eigenvalue weighted by atomic mass is 32.2. The van der Waals surface area contributed by atoms with E-state index >= 15 is 0 Å². The van der Waals surface area contributed by atoms with Gasteiger partial charge in [0.05, 0.1) is 28.8 Å². The van der Waals surface area contributed by atoms with Crippen LogP contribution in [0, 0.1) is 12.3 Å². The number of imide groups is 1. The minimum atomic E-state index is -0.364. The van der Waals surface area contributed by atoms with Crippen LogP contribution < -0.4 is 5.32 Å². The summed E-state index contributed by atoms with van der Waals surface area (Å²) >= 11 is 0.897. The van der Waals surface area contributed by atoms with Crippen molar-refractivity contribution in [3.05, 3.63) is 35.0 Å². The third-order valence-corrected chi connectivity index (χ3v) is 3.66. The van der Waals surface area contributed by atoms with Crippen molar-refractivity contribution in [3.63, 3.8) is 0 Å². The summed E-state index contributed by atoms with van der Waals surface area (Å²) in [5, 5.41) is 1.88. The van der Waals surface area contributed by atoms with Gasteiger partial charge in [-0.05, 0) is 35.5 Å². The van der Waals surface area contributed by atoms with Crippen LogP contribution in [0.25, 0.3) is 17.1 Å². The molecule has 6 heteroatoms. The molecular formula is C14H9N3O2S. The van der Waals surface area contributed by atoms with Crippen molar-refractivity contribution in [3.8, 4) is 12.3 Å². The molecule has 0 unspecified atom stereocenters. The standard InChI is InChI=1S/C14H9N3O2S/c1-2-5-17-8-15-10-4-3-9(6-11(10)17)7-12-13(18)16-14(19)20-12/h1,3-4,6-8H,5H2,(H,16,18,19)/b12-7-. The average molecular weight is 283 g/mol. The topological polar surface area (TPSA) is 64.0 Å². The van der Waals surface area contributed by atoms with Gasteiger partial charge in [-0.2, -0.15) is 0 Å². The van der Waals surface area contributed by atoms with Crippen molar-refractivity contribution in [2.75, 3.05) is 0 Å². The molecule has 1 aliphatic heterocycles. The van der Waals surface area contributed by atoms with Crippen LogP contribution in [-0.2, 0) is 11.3 Å². The molecule has 1 fully saturated rings. The molecule has 0 atom stereocenters. The Bertz CT molecular complexity index is 798. The van der Waals surface area contributed by atoms with Crippen LogP contribution in [0.2, 0.25) is 0 Å². The largest absolute Gasteiger partial charge is 0.319 e. The number of nitrogens with one attached hydrogen (secondary N) is 1. The van der Waals surface area contributed by atoms with Crippen molar-refractivity contribution in [2.45, 2.75) is 6.54 Å². The highest BCUT2D eigenvalue weighted by Crippen LogP contribution is 2.26. The fourth-order valence-electron chi connectivity index (χ4n) is 1.96. The van der Waals surface area contributed by atoms with Crippen molar-refractivity contribution >= 4 is 40.0 Å². The molecule has 2 aromatic rings. The summed E-state index contributed by atoms with van der Waals surface area (Å²) in [6.45, 7) is 0.435. The number of terminal acetylenes is 1. The van der Waals surface area contributed by atoms with Crippen molar-refractivity contribution in [2.24, 2.45) is 0 Å². The average Bonchev–Trinajstić information content (AvgIpc) is 2.95. The zero-order chi connectivity index (χ0) is 14.1. The van der Waals surface area contributed by atoms with Crippen LogP contribution in [0.4, 0.5) is 4.79 Å². The van der Waals surface area contributed by atoms with E-state index in [1.165, 1.54) is 0 Å². The fourth-order valence-corrected chi connectivity index (χ4v) is 2.64. The molecule has 2 amide bonds. The lowest BCUT2D eigenvalue weighted by atomic mass is 10.2. The number of benzene rings is 1. The van der Waals surface area contributed by atoms with E-state index in [2.05, 4.69) is 16.2 Å². The number of hydrogen-bond acceptors (Lipinski definition) is 4. The van der Waals surface area contributed by atoms with Crippen molar-refractivity contribution in [1.29, 1.82) is 0 Å². The van der Waals surface area contributed by atoms with Gasteiger partial charge in [-0.25, -0.2) is 4.98 Å². The molecule has 3 rings (SSSR count). The number of amides is 2. The number of imidazole rings is 1. The minimum absolute atomic E-state index is 0.347. The Morgan fingerprint density at radius 3 is 3.00 bits per heavy atom. The number of fused-ring (bicyclic) bond motifs is 1. The summed E-state index contributed by atoms with van der Waals surface area (Å²) < 4.78 is 1.85. The van der Waals surface area contributed by atoms with Gasteiger partial charge in [-0.15, -0.1) is 6.42 Å². The lowest BCUT2D eigenvalue weighted by Crippen LogP contribution is -2.17. The summed E-state index contributed by atoms with van der Waals surface area (Å²) in [7, 11) is 0. The van der Waals surface area contributed by atoms with E-state index < -0.39 is 0 Å². The van der Waals surface area contributed by atoms with E-state index in [-0.39, 0.29) is 11.1 Å². The second kappa shape index (κ2) is 4.87. The van der Waals surface area contributed by atoms with Crippen LogP contribution in [0.3, 0.4) is 0 Å². The van der Waals surface area contributed by atoms with Gasteiger partial charge in [0.2, 0.25) is 0 Å². The second-order valence-corrected chi connectivity index (χ2v) is 5.19. The Morgan fingerprint density at radius 2 is 2.30 bits per heavy atom. The Labute approximate surface area is 119 Å². The lowest BCUT2D eigenvalue weighted by Gasteiger charge is -2.00. The number of hydrogen-bond donors (Lipinski definition) is 1. The zero-order valence-electron chi connectivity index (χ0n) is 10.3. The molecule has 1 aromatic carbocycles. The molecule has 0 saturated carbocycles. The number of nitrogens with zero attached hydrogens (tertiary/aromatic N) is 2. The number of aromatic nitrogens is 2. The van der Waals surface area contributed by atoms with Gasteiger partial charge in [0.15, 0.2) is 0 Å². The van der Waals surface area contributed by atoms with Crippen LogP contribution >= 0.6 is 11.8 Å². The molecule has 0 bridgehead atoms. The smallest absolute Gasteiger partial charge is 0.290 e. The molecule has 0 radical (unpaired) electrons. The van der Waals surface area contributed by atoms with Crippen molar-refractivity contribution in [1.82, 2.24) is 14.9 Å². The quantitative estimate of drug-likeness (QED) is 0.676. The second-order valence-electron chi connectivity index (χ2n) is 4.18. The van der Waals surface area contributed by atoms with Crippen LogP contribution in [-0.4, -0.2) is 20.7 Å². The summed E-state index contributed by atoms with van der Waals surface area (Å²) in [6, 6.07) is 5.59. The van der Waals surface area contributed by atoms with Crippen LogP contribution in [0.5, 0.6) is 0 Å². The molecule has 20 heavy (non-hydrogen) atoms. The monoisotopic (exact) mass is 283 g/mol. The first-order valence-corrected chi connectivity index (χ1v) is 6.62. The molecule has 0 aliphatic carbocycles. The summed E-state index contributed by atoms with van der Waals surface area (Å²) in [6.07, 6.45) is 8.67. The first-order valence-electron chi connectivity index (χ1n) is 5.80. The molecule has 2 heterocycles. The number of thioether (sulfide) groups is 1. The third-order valence-electron chi connectivity index (χ3n) is 2.85. The van der Waals surface area contributed by atoms with E-state index in [4.69, 9.17) is 6.42 Å². The first kappa shape index (κ1) is 12.5. The Hall–Kier alpha value is -2.52. The molecule has 5 nitrogen and oxygen atoms in total. The van der Waals surface area contributed by atoms with Gasteiger partial charge in [0, 0.05) is 0 Å². The lowest BCUT2D eigenvalue weighted by molar-refractivity contribution is -0.115. The van der Waals surface area contributed by atoms with Gasteiger partial charge in [0.25, 0.3) is 11.1 Å². The highest BCUT2D eigenvalue weighted by molar-refractivity contribution is 8.18. The van der Waals surface area contributed by atoms with Gasteiger partial charge < -0.3 is 4.57 Å². The molecule has 0 spiro atoms. The Morgan fingerprint density at radius 1 is 1.45 bits per heavy atom. The van der Waals surface area contributed by atoms with Gasteiger partial charge in [-0.3, -0.25) is 14.9 Å². The van der Waals surface area contributed by atoms with E-state index in [9.17, 15) is 9.59 Å². The van der Waals surface area contributed by atoms with E-state index in [1.807, 2.05) is 22.8 Å². The van der Waals surface area contributed by atoms with Gasteiger partial charge in [0.1, 0.15) is 0 Å². The molecule has 1 N–H and O–H groups in total. The minimum Gasteiger partial charge on any atom is -0.319 e. The molecule has 1 aliphatic rings. The predicted octanol–water partition coefficient (Wildman–Crippen LogP) is 1.99.